The third kappa shape index (κ3) is 5.28. The van der Waals surface area contributed by atoms with E-state index in [1.54, 1.807) is 25.1 Å². The van der Waals surface area contributed by atoms with E-state index in [0.717, 1.165) is 11.8 Å². The predicted molar refractivity (Wildman–Crippen MR) is 97.6 cm³/mol. The molecule has 9 heteroatoms. The summed E-state index contributed by atoms with van der Waals surface area (Å²) in [6, 6.07) is 10.3. The molecule has 0 aliphatic heterocycles. The van der Waals surface area contributed by atoms with Crippen molar-refractivity contribution in [3.05, 3.63) is 69.5 Å². The highest BCUT2D eigenvalue weighted by Crippen LogP contribution is 2.23. The first kappa shape index (κ1) is 19.4. The molecule has 26 heavy (non-hydrogen) atoms. The predicted octanol–water partition coefficient (Wildman–Crippen LogP) is 3.62. The van der Waals surface area contributed by atoms with Crippen LogP contribution in [0.2, 0.25) is 0 Å². The molecule has 0 spiro atoms. The Morgan fingerprint density at radius 1 is 1.19 bits per heavy atom. The van der Waals surface area contributed by atoms with Crippen LogP contribution >= 0.6 is 11.8 Å². The van der Waals surface area contributed by atoms with E-state index in [-0.39, 0.29) is 29.5 Å². The van der Waals surface area contributed by atoms with Gasteiger partial charge in [0.2, 0.25) is 5.91 Å². The Kier molecular flexibility index (Phi) is 6.67. The molecule has 2 N–H and O–H groups in total. The molecule has 0 aliphatic rings. The monoisotopic (exact) mass is 377 g/mol. The van der Waals surface area contributed by atoms with Crippen LogP contribution in [0.1, 0.15) is 11.1 Å². The van der Waals surface area contributed by atoms with Gasteiger partial charge in [-0.15, -0.1) is 0 Å². The Morgan fingerprint density at radius 3 is 2.65 bits per heavy atom. The number of rotatable bonds is 6. The lowest BCUT2D eigenvalue weighted by molar-refractivity contribution is -0.383. The van der Waals surface area contributed by atoms with E-state index in [1.807, 2.05) is 0 Å². The number of nitrogens with zero attached hydrogens (tertiary/aromatic N) is 1. The number of nitro groups is 1. The molecule has 0 unspecified atom stereocenters. The first-order valence-corrected chi connectivity index (χ1v) is 8.55. The van der Waals surface area contributed by atoms with Crippen molar-refractivity contribution in [3.63, 3.8) is 0 Å². The second-order valence-corrected chi connectivity index (χ2v) is 6.22. The number of hydrogen-bond acceptors (Lipinski definition) is 5. The summed E-state index contributed by atoms with van der Waals surface area (Å²) in [5.74, 6) is -1.10. The lowest BCUT2D eigenvalue weighted by Crippen LogP contribution is -2.22. The van der Waals surface area contributed by atoms with Gasteiger partial charge in [0.25, 0.3) is 10.9 Å². The van der Waals surface area contributed by atoms with Gasteiger partial charge >= 0.3 is 0 Å². The van der Waals surface area contributed by atoms with Gasteiger partial charge in [0, 0.05) is 12.6 Å². The lowest BCUT2D eigenvalue weighted by atomic mass is 10.1. The second kappa shape index (κ2) is 8.95. The number of thioether (sulfide) groups is 1. The molecule has 0 saturated carbocycles. The molecule has 0 atom stereocenters. The molecule has 0 heterocycles. The van der Waals surface area contributed by atoms with Crippen LogP contribution in [0.4, 0.5) is 20.6 Å². The molecular formula is C17H16FN3O4S. The van der Waals surface area contributed by atoms with Crippen LogP contribution in [0.5, 0.6) is 0 Å². The summed E-state index contributed by atoms with van der Waals surface area (Å²) in [5, 5.41) is 15.4. The van der Waals surface area contributed by atoms with Gasteiger partial charge in [0.1, 0.15) is 11.5 Å². The van der Waals surface area contributed by atoms with Crippen molar-refractivity contribution >= 4 is 34.3 Å². The van der Waals surface area contributed by atoms with E-state index in [0.29, 0.717) is 11.1 Å². The summed E-state index contributed by atoms with van der Waals surface area (Å²) in [6.07, 6.45) is 0. The SMILES string of the molecule is Cc1c(F)cccc1CNC(=O)SCC(=O)Nc1ccccc1[N+](=O)[O-]. The standard InChI is InChI=1S/C17H16FN3O4S/c1-11-12(5-4-6-13(11)18)9-19-17(23)26-10-16(22)20-14-7-2-3-8-15(14)21(24)25/h2-8H,9-10H2,1H3,(H,19,23)(H,20,22). The summed E-state index contributed by atoms with van der Waals surface area (Å²) < 4.78 is 13.4. The number of halogens is 1. The Labute approximate surface area is 153 Å². The van der Waals surface area contributed by atoms with Gasteiger partial charge < -0.3 is 10.6 Å². The highest BCUT2D eigenvalue weighted by atomic mass is 32.2. The number of nitrogens with one attached hydrogen (secondary N) is 2. The van der Waals surface area contributed by atoms with Gasteiger partial charge in [0.05, 0.1) is 10.7 Å². The molecule has 2 aromatic carbocycles. The molecule has 0 bridgehead atoms. The fourth-order valence-electron chi connectivity index (χ4n) is 2.12. The fraction of sp³-hybridized carbons (Fsp3) is 0.176. The Balaban J connectivity index is 1.83. The number of amides is 2. The van der Waals surface area contributed by atoms with Crippen LogP contribution in [-0.4, -0.2) is 21.8 Å². The van der Waals surface area contributed by atoms with Crippen LogP contribution in [0.25, 0.3) is 0 Å². The second-order valence-electron chi connectivity index (χ2n) is 5.28. The van der Waals surface area contributed by atoms with Crippen LogP contribution in [0.15, 0.2) is 42.5 Å². The smallest absolute Gasteiger partial charge is 0.292 e. The Morgan fingerprint density at radius 2 is 1.92 bits per heavy atom. The summed E-state index contributed by atoms with van der Waals surface area (Å²) in [6.45, 7) is 1.76. The summed E-state index contributed by atoms with van der Waals surface area (Å²) in [4.78, 5) is 34.0. The number of nitro benzene ring substituents is 1. The fourth-order valence-corrected chi connectivity index (χ4v) is 2.63. The van der Waals surface area contributed by atoms with Crippen molar-refractivity contribution in [2.24, 2.45) is 0 Å². The topological polar surface area (TPSA) is 101 Å². The van der Waals surface area contributed by atoms with E-state index < -0.39 is 16.1 Å². The summed E-state index contributed by atoms with van der Waals surface area (Å²) in [5.41, 5.74) is 0.936. The molecule has 0 fully saturated rings. The van der Waals surface area contributed by atoms with Crippen molar-refractivity contribution in [3.8, 4) is 0 Å². The summed E-state index contributed by atoms with van der Waals surface area (Å²) >= 11 is 0.722. The molecule has 2 aromatic rings. The molecule has 7 nitrogen and oxygen atoms in total. The van der Waals surface area contributed by atoms with Gasteiger partial charge in [0.15, 0.2) is 0 Å². The van der Waals surface area contributed by atoms with Crippen molar-refractivity contribution in [1.82, 2.24) is 5.32 Å². The van der Waals surface area contributed by atoms with Gasteiger partial charge in [-0.3, -0.25) is 19.7 Å². The Bertz CT molecular complexity index is 845. The maximum Gasteiger partial charge on any atom is 0.292 e. The van der Waals surface area contributed by atoms with Crippen molar-refractivity contribution < 1.29 is 18.9 Å². The zero-order chi connectivity index (χ0) is 19.1. The molecule has 0 saturated heterocycles. The first-order chi connectivity index (χ1) is 12.4. The number of carbonyl (C=O) groups is 2. The number of hydrogen-bond donors (Lipinski definition) is 2. The molecular weight excluding hydrogens is 361 g/mol. The Hall–Kier alpha value is -2.94. The number of benzene rings is 2. The van der Waals surface area contributed by atoms with E-state index in [2.05, 4.69) is 10.6 Å². The van der Waals surface area contributed by atoms with Crippen molar-refractivity contribution in [1.29, 1.82) is 0 Å². The van der Waals surface area contributed by atoms with E-state index in [4.69, 9.17) is 0 Å². The van der Waals surface area contributed by atoms with E-state index >= 15 is 0 Å². The summed E-state index contributed by atoms with van der Waals surface area (Å²) in [7, 11) is 0. The normalized spacial score (nSPS) is 10.2. The third-order valence-corrected chi connectivity index (χ3v) is 4.33. The third-order valence-electron chi connectivity index (χ3n) is 3.51. The quantitative estimate of drug-likeness (QED) is 0.591. The van der Waals surface area contributed by atoms with Crippen LogP contribution in [-0.2, 0) is 11.3 Å². The minimum atomic E-state index is -0.600. The van der Waals surface area contributed by atoms with E-state index in [9.17, 15) is 24.1 Å². The largest absolute Gasteiger partial charge is 0.343 e. The number of anilines is 1. The molecule has 0 aliphatic carbocycles. The minimum absolute atomic E-state index is 0.0684. The lowest BCUT2D eigenvalue weighted by Gasteiger charge is -2.08. The maximum absolute atomic E-state index is 13.4. The molecule has 0 aromatic heterocycles. The van der Waals surface area contributed by atoms with E-state index in [1.165, 1.54) is 24.3 Å². The average Bonchev–Trinajstić information content (AvgIpc) is 2.61. The maximum atomic E-state index is 13.4. The molecule has 136 valence electrons. The zero-order valence-corrected chi connectivity index (χ0v) is 14.6. The van der Waals surface area contributed by atoms with Gasteiger partial charge in [-0.1, -0.05) is 36.0 Å². The van der Waals surface area contributed by atoms with Crippen molar-refractivity contribution in [2.75, 3.05) is 11.1 Å². The van der Waals surface area contributed by atoms with Crippen LogP contribution in [0, 0.1) is 22.9 Å². The van der Waals surface area contributed by atoms with Gasteiger partial charge in [-0.2, -0.15) is 0 Å². The molecule has 2 amide bonds. The number of para-hydroxylation sites is 2. The van der Waals surface area contributed by atoms with Crippen molar-refractivity contribution in [2.45, 2.75) is 13.5 Å². The average molecular weight is 377 g/mol. The van der Waals surface area contributed by atoms with Crippen LogP contribution < -0.4 is 10.6 Å². The minimum Gasteiger partial charge on any atom is -0.343 e. The van der Waals surface area contributed by atoms with Crippen LogP contribution in [0.3, 0.4) is 0 Å². The van der Waals surface area contributed by atoms with Gasteiger partial charge in [-0.25, -0.2) is 4.39 Å². The molecule has 0 radical (unpaired) electrons. The highest BCUT2D eigenvalue weighted by Gasteiger charge is 2.15. The van der Waals surface area contributed by atoms with Gasteiger partial charge in [-0.05, 0) is 30.2 Å². The molecule has 2 rings (SSSR count). The number of carbonyl (C=O) groups excluding carboxylic acids is 2. The highest BCUT2D eigenvalue weighted by molar-refractivity contribution is 8.14. The first-order valence-electron chi connectivity index (χ1n) is 7.56. The zero-order valence-electron chi connectivity index (χ0n) is 13.8.